The molecule has 0 atom stereocenters. The minimum absolute atomic E-state index is 0.0798. The van der Waals surface area contributed by atoms with E-state index < -0.39 is 0 Å². The van der Waals surface area contributed by atoms with Crippen LogP contribution in [0.3, 0.4) is 0 Å². The second-order valence-corrected chi connectivity index (χ2v) is 6.33. The van der Waals surface area contributed by atoms with E-state index in [1.807, 2.05) is 20.8 Å². The molecule has 0 aromatic carbocycles. The Kier molecular flexibility index (Phi) is 5.50. The summed E-state index contributed by atoms with van der Waals surface area (Å²) in [5.41, 5.74) is 2.81. The maximum absolute atomic E-state index is 8.79. The van der Waals surface area contributed by atoms with Crippen molar-refractivity contribution >= 4 is 22.9 Å². The van der Waals surface area contributed by atoms with Gasteiger partial charge in [0.1, 0.15) is 11.8 Å². The summed E-state index contributed by atoms with van der Waals surface area (Å²) in [5.74, 6) is 0. The van der Waals surface area contributed by atoms with Gasteiger partial charge in [0.15, 0.2) is 0 Å². The third kappa shape index (κ3) is 4.12. The maximum Gasteiger partial charge on any atom is 0.318 e. The average Bonchev–Trinajstić information content (AvgIpc) is 2.76. The Morgan fingerprint density at radius 3 is 2.52 bits per heavy atom. The largest absolute Gasteiger partial charge is 0.461 e. The lowest BCUT2D eigenvalue weighted by molar-refractivity contribution is 0.191. The molecule has 2 rings (SSSR count). The summed E-state index contributed by atoms with van der Waals surface area (Å²) in [5, 5.41) is 10.3. The van der Waals surface area contributed by atoms with Gasteiger partial charge >= 0.3 is 6.01 Å². The number of halogens is 1. The highest BCUT2D eigenvalue weighted by molar-refractivity contribution is 7.11. The molecule has 7 heteroatoms. The first kappa shape index (κ1) is 16.1. The number of nitrogens with zero attached hydrogens (tertiary/aromatic N) is 3. The van der Waals surface area contributed by atoms with E-state index in [0.29, 0.717) is 5.15 Å². The van der Waals surface area contributed by atoms with Crippen LogP contribution in [0.4, 0.5) is 0 Å². The molecule has 21 heavy (non-hydrogen) atoms. The van der Waals surface area contributed by atoms with E-state index >= 15 is 0 Å². The van der Waals surface area contributed by atoms with Crippen molar-refractivity contribution < 1.29 is 9.84 Å². The fourth-order valence-electron chi connectivity index (χ4n) is 1.99. The standard InChI is InChI=1S/C14H18ClN3O2S/c1-8-11(4-5-12-9(2)16-10(3)21-12)17-14(18-13(8)15)20-7-6-19/h19H,4-7H2,1-3H3. The number of thiazole rings is 1. The van der Waals surface area contributed by atoms with Gasteiger partial charge in [-0.3, -0.25) is 0 Å². The van der Waals surface area contributed by atoms with Gasteiger partial charge < -0.3 is 9.84 Å². The summed E-state index contributed by atoms with van der Waals surface area (Å²) < 4.78 is 5.25. The van der Waals surface area contributed by atoms with E-state index in [4.69, 9.17) is 21.4 Å². The molecule has 0 fully saturated rings. The molecular weight excluding hydrogens is 310 g/mol. The van der Waals surface area contributed by atoms with Gasteiger partial charge in [0.2, 0.25) is 0 Å². The Morgan fingerprint density at radius 2 is 1.90 bits per heavy atom. The summed E-state index contributed by atoms with van der Waals surface area (Å²) in [4.78, 5) is 14.1. The molecule has 0 bridgehead atoms. The minimum atomic E-state index is -0.0798. The molecule has 5 nitrogen and oxygen atoms in total. The van der Waals surface area contributed by atoms with Crippen LogP contribution in [-0.4, -0.2) is 33.3 Å². The van der Waals surface area contributed by atoms with Crippen LogP contribution in [0, 0.1) is 20.8 Å². The van der Waals surface area contributed by atoms with Crippen molar-refractivity contribution in [1.29, 1.82) is 0 Å². The van der Waals surface area contributed by atoms with Crippen molar-refractivity contribution in [3.63, 3.8) is 0 Å². The van der Waals surface area contributed by atoms with Gasteiger partial charge in [-0.15, -0.1) is 11.3 Å². The third-order valence-electron chi connectivity index (χ3n) is 3.08. The van der Waals surface area contributed by atoms with E-state index in [2.05, 4.69) is 15.0 Å². The lowest BCUT2D eigenvalue weighted by Gasteiger charge is -2.09. The maximum atomic E-state index is 8.79. The zero-order chi connectivity index (χ0) is 15.4. The molecule has 0 unspecified atom stereocenters. The molecule has 0 spiro atoms. The number of aryl methyl sites for hydroxylation is 4. The molecular formula is C14H18ClN3O2S. The van der Waals surface area contributed by atoms with E-state index in [1.165, 1.54) is 4.88 Å². The summed E-state index contributed by atoms with van der Waals surface area (Å²) in [6.45, 7) is 6.01. The monoisotopic (exact) mass is 327 g/mol. The van der Waals surface area contributed by atoms with Crippen LogP contribution in [0.1, 0.15) is 26.8 Å². The SMILES string of the molecule is Cc1nc(C)c(CCc2nc(OCCO)nc(Cl)c2C)s1. The zero-order valence-electron chi connectivity index (χ0n) is 12.3. The van der Waals surface area contributed by atoms with Gasteiger partial charge in [0.05, 0.1) is 23.0 Å². The van der Waals surface area contributed by atoms with E-state index in [1.54, 1.807) is 11.3 Å². The Bertz CT molecular complexity index is 631. The van der Waals surface area contributed by atoms with Gasteiger partial charge in [-0.25, -0.2) is 4.98 Å². The molecule has 2 heterocycles. The van der Waals surface area contributed by atoms with Crippen LogP contribution in [0.25, 0.3) is 0 Å². The number of hydrogen-bond acceptors (Lipinski definition) is 6. The van der Waals surface area contributed by atoms with E-state index in [-0.39, 0.29) is 19.2 Å². The van der Waals surface area contributed by atoms with Crippen molar-refractivity contribution in [3.05, 3.63) is 32.0 Å². The van der Waals surface area contributed by atoms with Crippen LogP contribution in [0.15, 0.2) is 0 Å². The third-order valence-corrected chi connectivity index (χ3v) is 4.58. The lowest BCUT2D eigenvalue weighted by atomic mass is 10.1. The van der Waals surface area contributed by atoms with Gasteiger partial charge in [-0.2, -0.15) is 9.97 Å². The van der Waals surface area contributed by atoms with Crippen LogP contribution in [0.5, 0.6) is 6.01 Å². The number of hydrogen-bond donors (Lipinski definition) is 1. The van der Waals surface area contributed by atoms with Crippen molar-refractivity contribution in [3.8, 4) is 6.01 Å². The molecule has 0 aliphatic rings. The van der Waals surface area contributed by atoms with Crippen molar-refractivity contribution in [2.75, 3.05) is 13.2 Å². The lowest BCUT2D eigenvalue weighted by Crippen LogP contribution is -2.08. The molecule has 114 valence electrons. The van der Waals surface area contributed by atoms with E-state index in [9.17, 15) is 0 Å². The normalized spacial score (nSPS) is 10.9. The first-order valence-electron chi connectivity index (χ1n) is 6.71. The second-order valence-electron chi connectivity index (χ2n) is 4.68. The predicted octanol–water partition coefficient (Wildman–Crippen LogP) is 2.67. The Hall–Kier alpha value is -1.24. The first-order valence-corrected chi connectivity index (χ1v) is 7.90. The molecule has 0 saturated heterocycles. The van der Waals surface area contributed by atoms with Crippen LogP contribution in [0.2, 0.25) is 5.15 Å². The van der Waals surface area contributed by atoms with Gasteiger partial charge in [-0.05, 0) is 33.6 Å². The Balaban J connectivity index is 2.14. The highest BCUT2D eigenvalue weighted by Gasteiger charge is 2.12. The van der Waals surface area contributed by atoms with Crippen molar-refractivity contribution in [2.45, 2.75) is 33.6 Å². The summed E-state index contributed by atoms with van der Waals surface area (Å²) >= 11 is 7.82. The smallest absolute Gasteiger partial charge is 0.318 e. The highest BCUT2D eigenvalue weighted by Crippen LogP contribution is 2.23. The quantitative estimate of drug-likeness (QED) is 0.826. The van der Waals surface area contributed by atoms with Gasteiger partial charge in [-0.1, -0.05) is 11.6 Å². The van der Waals surface area contributed by atoms with Crippen LogP contribution < -0.4 is 4.74 Å². The minimum Gasteiger partial charge on any atom is -0.461 e. The van der Waals surface area contributed by atoms with Crippen LogP contribution in [-0.2, 0) is 12.8 Å². The van der Waals surface area contributed by atoms with Crippen LogP contribution >= 0.6 is 22.9 Å². The number of aromatic nitrogens is 3. The number of ether oxygens (including phenoxy) is 1. The predicted molar refractivity (Wildman–Crippen MR) is 83.4 cm³/mol. The first-order chi connectivity index (χ1) is 10.0. The zero-order valence-corrected chi connectivity index (χ0v) is 13.9. The average molecular weight is 328 g/mol. The molecule has 2 aromatic rings. The Morgan fingerprint density at radius 1 is 1.14 bits per heavy atom. The fraction of sp³-hybridized carbons (Fsp3) is 0.500. The summed E-state index contributed by atoms with van der Waals surface area (Å²) in [6.07, 6.45) is 1.62. The van der Waals surface area contributed by atoms with Gasteiger partial charge in [0, 0.05) is 10.4 Å². The molecule has 1 N–H and O–H groups in total. The van der Waals surface area contributed by atoms with Crippen molar-refractivity contribution in [1.82, 2.24) is 15.0 Å². The topological polar surface area (TPSA) is 68.1 Å². The van der Waals surface area contributed by atoms with Gasteiger partial charge in [0.25, 0.3) is 0 Å². The summed E-state index contributed by atoms with van der Waals surface area (Å²) in [6, 6.07) is 0.215. The number of aliphatic hydroxyl groups excluding tert-OH is 1. The molecule has 0 aliphatic carbocycles. The molecule has 2 aromatic heterocycles. The fourth-order valence-corrected chi connectivity index (χ4v) is 3.11. The summed E-state index contributed by atoms with van der Waals surface area (Å²) in [7, 11) is 0. The highest BCUT2D eigenvalue weighted by atomic mass is 35.5. The Labute approximate surface area is 133 Å². The number of rotatable bonds is 6. The second kappa shape index (κ2) is 7.15. The molecule has 0 aliphatic heterocycles. The van der Waals surface area contributed by atoms with E-state index in [0.717, 1.165) is 34.8 Å². The molecule has 0 saturated carbocycles. The van der Waals surface area contributed by atoms with Crippen molar-refractivity contribution in [2.24, 2.45) is 0 Å². The molecule has 0 radical (unpaired) electrons. The molecule has 0 amide bonds. The number of aliphatic hydroxyl groups is 1.